The quantitative estimate of drug-likeness (QED) is 0.200. The van der Waals surface area contributed by atoms with Crippen LogP contribution in [0.15, 0.2) is 54.9 Å². The molecule has 2 aromatic carbocycles. The number of rotatable bonds is 11. The lowest BCUT2D eigenvalue weighted by Crippen LogP contribution is -2.15. The van der Waals surface area contributed by atoms with Gasteiger partial charge in [0.05, 0.1) is 22.2 Å². The van der Waals surface area contributed by atoms with Crippen molar-refractivity contribution in [3.63, 3.8) is 0 Å². The third kappa shape index (κ3) is 6.71. The van der Waals surface area contributed by atoms with Gasteiger partial charge < -0.3 is 14.2 Å². The first kappa shape index (κ1) is 25.9. The second-order valence-electron chi connectivity index (χ2n) is 8.26. The molecular formula is C26H21Cl2F2NO5. The summed E-state index contributed by atoms with van der Waals surface area (Å²) in [4.78, 5) is 27.8. The van der Waals surface area contributed by atoms with Gasteiger partial charge in [0.1, 0.15) is 12.4 Å². The molecule has 1 aliphatic carbocycles. The van der Waals surface area contributed by atoms with Gasteiger partial charge in [-0.2, -0.15) is 8.78 Å². The minimum atomic E-state index is -3.03. The molecule has 0 radical (unpaired) electrons. The van der Waals surface area contributed by atoms with Crippen molar-refractivity contribution < 1.29 is 32.6 Å². The molecule has 1 heterocycles. The van der Waals surface area contributed by atoms with Crippen LogP contribution in [0.4, 0.5) is 8.78 Å². The van der Waals surface area contributed by atoms with Crippen LogP contribution in [0.3, 0.4) is 0 Å². The molecule has 4 rings (SSSR count). The Bertz CT molecular complexity index is 1220. The van der Waals surface area contributed by atoms with Gasteiger partial charge in [-0.25, -0.2) is 4.79 Å². The van der Waals surface area contributed by atoms with E-state index in [9.17, 15) is 18.4 Å². The van der Waals surface area contributed by atoms with E-state index in [-0.39, 0.29) is 33.5 Å². The topological polar surface area (TPSA) is 74.7 Å². The summed E-state index contributed by atoms with van der Waals surface area (Å²) in [6.07, 6.45) is 4.68. The Kier molecular flexibility index (Phi) is 8.38. The Hall–Kier alpha value is -3.23. The summed E-state index contributed by atoms with van der Waals surface area (Å²) < 4.78 is 42.1. The maximum Gasteiger partial charge on any atom is 0.387 e. The smallest absolute Gasteiger partial charge is 0.387 e. The SMILES string of the molecule is O=Cc1ccc(C(=O)OC(Cc2c(Cl)cncc2Cl)c2ccc(OC(F)F)c(OCC3CC3)c2)cc1. The number of benzene rings is 2. The van der Waals surface area contributed by atoms with E-state index in [1.165, 1.54) is 54.9 Å². The maximum absolute atomic E-state index is 13.0. The Balaban J connectivity index is 1.67. The zero-order chi connectivity index (χ0) is 25.7. The van der Waals surface area contributed by atoms with E-state index < -0.39 is 18.7 Å². The van der Waals surface area contributed by atoms with Gasteiger partial charge in [0.25, 0.3) is 0 Å². The normalized spacial score (nSPS) is 13.8. The van der Waals surface area contributed by atoms with Gasteiger partial charge in [0, 0.05) is 24.4 Å². The van der Waals surface area contributed by atoms with Crippen LogP contribution in [-0.2, 0) is 11.2 Å². The first-order valence-electron chi connectivity index (χ1n) is 11.1. The van der Waals surface area contributed by atoms with Crippen molar-refractivity contribution >= 4 is 35.5 Å². The van der Waals surface area contributed by atoms with Crippen LogP contribution in [0.1, 0.15) is 50.8 Å². The molecule has 0 aliphatic heterocycles. The summed E-state index contributed by atoms with van der Waals surface area (Å²) in [5, 5.41) is 0.559. The zero-order valence-corrected chi connectivity index (χ0v) is 20.3. The standard InChI is InChI=1S/C26H21Cl2F2NO5/c27-20-11-31-12-21(28)19(20)10-23(35-25(33)17-5-3-15(13-32)4-6-17)18-7-8-22(36-26(29)30)24(9-18)34-14-16-1-2-16/h3-9,11-13,16,23,26H,1-2,10,14H2. The van der Waals surface area contributed by atoms with Crippen molar-refractivity contribution in [2.45, 2.75) is 32.0 Å². The van der Waals surface area contributed by atoms with Crippen LogP contribution in [0, 0.1) is 5.92 Å². The minimum Gasteiger partial charge on any atom is -0.489 e. The highest BCUT2D eigenvalue weighted by Crippen LogP contribution is 2.38. The summed E-state index contributed by atoms with van der Waals surface area (Å²) in [7, 11) is 0. The molecular weight excluding hydrogens is 515 g/mol. The number of aldehydes is 1. The minimum absolute atomic E-state index is 0.0788. The number of esters is 1. The molecule has 0 amide bonds. The van der Waals surface area contributed by atoms with E-state index in [1.54, 1.807) is 0 Å². The predicted molar refractivity (Wildman–Crippen MR) is 129 cm³/mol. The van der Waals surface area contributed by atoms with Gasteiger partial charge in [-0.3, -0.25) is 9.78 Å². The van der Waals surface area contributed by atoms with E-state index in [4.69, 9.17) is 32.7 Å². The van der Waals surface area contributed by atoms with Crippen molar-refractivity contribution in [3.8, 4) is 11.5 Å². The zero-order valence-electron chi connectivity index (χ0n) is 18.8. The van der Waals surface area contributed by atoms with Crippen LogP contribution in [-0.4, -0.2) is 30.5 Å². The summed E-state index contributed by atoms with van der Waals surface area (Å²) in [6.45, 7) is -2.67. The number of carbonyl (C=O) groups is 2. The molecule has 1 unspecified atom stereocenters. The summed E-state index contributed by atoms with van der Waals surface area (Å²) in [5.74, 6) is -0.301. The summed E-state index contributed by atoms with van der Waals surface area (Å²) >= 11 is 12.6. The van der Waals surface area contributed by atoms with Crippen LogP contribution >= 0.6 is 23.2 Å². The number of hydrogen-bond donors (Lipinski definition) is 0. The number of pyridine rings is 1. The Morgan fingerprint density at radius 2 is 1.75 bits per heavy atom. The monoisotopic (exact) mass is 535 g/mol. The van der Waals surface area contributed by atoms with E-state index in [0.29, 0.717) is 35.5 Å². The lowest BCUT2D eigenvalue weighted by Gasteiger charge is -2.21. The number of carbonyl (C=O) groups excluding carboxylic acids is 2. The van der Waals surface area contributed by atoms with E-state index >= 15 is 0 Å². The second kappa shape index (κ2) is 11.7. The molecule has 0 spiro atoms. The average molecular weight is 536 g/mol. The van der Waals surface area contributed by atoms with Gasteiger partial charge >= 0.3 is 12.6 Å². The summed E-state index contributed by atoms with van der Waals surface area (Å²) in [6, 6.07) is 10.3. The number of aromatic nitrogens is 1. The predicted octanol–water partition coefficient (Wildman–Crippen LogP) is 6.73. The molecule has 1 aliphatic rings. The molecule has 36 heavy (non-hydrogen) atoms. The van der Waals surface area contributed by atoms with Crippen molar-refractivity contribution in [2.75, 3.05) is 6.61 Å². The van der Waals surface area contributed by atoms with Crippen molar-refractivity contribution in [3.05, 3.63) is 87.2 Å². The summed E-state index contributed by atoms with van der Waals surface area (Å²) in [5.41, 5.74) is 1.59. The van der Waals surface area contributed by atoms with E-state index in [0.717, 1.165) is 12.8 Å². The molecule has 3 aromatic rings. The van der Waals surface area contributed by atoms with E-state index in [1.807, 2.05) is 0 Å². The van der Waals surface area contributed by atoms with Crippen molar-refractivity contribution in [1.29, 1.82) is 0 Å². The number of ether oxygens (including phenoxy) is 3. The first-order valence-corrected chi connectivity index (χ1v) is 11.8. The molecule has 6 nitrogen and oxygen atoms in total. The van der Waals surface area contributed by atoms with Crippen LogP contribution in [0.5, 0.6) is 11.5 Å². The lowest BCUT2D eigenvalue weighted by atomic mass is 10.0. The van der Waals surface area contributed by atoms with Crippen LogP contribution in [0.2, 0.25) is 10.0 Å². The van der Waals surface area contributed by atoms with Crippen molar-refractivity contribution in [1.82, 2.24) is 4.98 Å². The second-order valence-corrected chi connectivity index (χ2v) is 9.07. The van der Waals surface area contributed by atoms with E-state index in [2.05, 4.69) is 9.72 Å². The fourth-order valence-electron chi connectivity index (χ4n) is 3.46. The average Bonchev–Trinajstić information content (AvgIpc) is 3.69. The molecule has 1 aromatic heterocycles. The number of nitrogens with zero attached hydrogens (tertiary/aromatic N) is 1. The van der Waals surface area contributed by atoms with Gasteiger partial charge in [-0.1, -0.05) is 41.4 Å². The third-order valence-corrected chi connectivity index (χ3v) is 6.25. The van der Waals surface area contributed by atoms with Crippen molar-refractivity contribution in [2.24, 2.45) is 5.92 Å². The Morgan fingerprint density at radius 3 is 2.36 bits per heavy atom. The Labute approximate surface area is 216 Å². The fourth-order valence-corrected chi connectivity index (χ4v) is 3.98. The molecule has 0 bridgehead atoms. The molecule has 10 heteroatoms. The van der Waals surface area contributed by atoms with Crippen LogP contribution in [0.25, 0.3) is 0 Å². The number of hydrogen-bond acceptors (Lipinski definition) is 6. The highest BCUT2D eigenvalue weighted by atomic mass is 35.5. The molecule has 1 fully saturated rings. The number of halogens is 4. The van der Waals surface area contributed by atoms with Gasteiger partial charge in [-0.05, 0) is 54.2 Å². The molecule has 188 valence electrons. The lowest BCUT2D eigenvalue weighted by molar-refractivity contribution is -0.0515. The van der Waals surface area contributed by atoms with Gasteiger partial charge in [0.15, 0.2) is 11.5 Å². The first-order chi connectivity index (χ1) is 17.3. The Morgan fingerprint density at radius 1 is 1.06 bits per heavy atom. The molecule has 1 atom stereocenters. The van der Waals surface area contributed by atoms with Gasteiger partial charge in [-0.15, -0.1) is 0 Å². The highest BCUT2D eigenvalue weighted by Gasteiger charge is 2.26. The molecule has 0 saturated heterocycles. The fraction of sp³-hybridized carbons (Fsp3) is 0.269. The third-order valence-electron chi connectivity index (χ3n) is 5.60. The number of alkyl halides is 2. The largest absolute Gasteiger partial charge is 0.489 e. The van der Waals surface area contributed by atoms with Gasteiger partial charge in [0.2, 0.25) is 0 Å². The molecule has 0 N–H and O–H groups in total. The highest BCUT2D eigenvalue weighted by molar-refractivity contribution is 6.35. The van der Waals surface area contributed by atoms with Crippen LogP contribution < -0.4 is 9.47 Å². The molecule has 1 saturated carbocycles. The maximum atomic E-state index is 13.0.